The van der Waals surface area contributed by atoms with Crippen LogP contribution in [0.3, 0.4) is 0 Å². The number of Topliss-reactive ketones (excluding diaryl/α,β-unsaturated/α-hetero) is 1. The van der Waals surface area contributed by atoms with Crippen molar-refractivity contribution in [3.05, 3.63) is 47.3 Å². The molecule has 7 nitrogen and oxygen atoms in total. The standard InChI is InChI=1S/C19H22N2O5/c1-4-26-19(25)14-12(3)21-16(15(14)13-8-6-5-7-9-13)17(23)18(24)20-10-11(2)22/h5-9,11,21-22H,4,10H2,1-3H3,(H,20,24)/t11-/m1/s1. The number of ketones is 1. The number of aliphatic hydroxyl groups is 1. The highest BCUT2D eigenvalue weighted by Crippen LogP contribution is 2.31. The number of H-pyrrole nitrogens is 1. The van der Waals surface area contributed by atoms with E-state index >= 15 is 0 Å². The lowest BCUT2D eigenvalue weighted by Crippen LogP contribution is -2.36. The molecule has 0 radical (unpaired) electrons. The quantitative estimate of drug-likeness (QED) is 0.398. The molecule has 1 aromatic carbocycles. The van der Waals surface area contributed by atoms with E-state index in [0.717, 1.165) is 0 Å². The second-order valence-electron chi connectivity index (χ2n) is 5.85. The Balaban J connectivity index is 2.53. The van der Waals surface area contributed by atoms with Crippen LogP contribution in [0.15, 0.2) is 30.3 Å². The van der Waals surface area contributed by atoms with Crippen LogP contribution in [0.4, 0.5) is 0 Å². The summed E-state index contributed by atoms with van der Waals surface area (Å²) in [6.07, 6.45) is -0.777. The minimum absolute atomic E-state index is 0.0137. The monoisotopic (exact) mass is 358 g/mol. The van der Waals surface area contributed by atoms with Crippen molar-refractivity contribution in [3.8, 4) is 11.1 Å². The van der Waals surface area contributed by atoms with Gasteiger partial charge in [0.05, 0.1) is 18.3 Å². The first kappa shape index (κ1) is 19.4. The van der Waals surface area contributed by atoms with Crippen LogP contribution in [0.5, 0.6) is 0 Å². The minimum Gasteiger partial charge on any atom is -0.462 e. The molecule has 1 atom stereocenters. The van der Waals surface area contributed by atoms with Crippen molar-refractivity contribution in [1.29, 1.82) is 0 Å². The molecular weight excluding hydrogens is 336 g/mol. The first-order valence-electron chi connectivity index (χ1n) is 8.32. The Morgan fingerprint density at radius 3 is 2.46 bits per heavy atom. The molecule has 3 N–H and O–H groups in total. The van der Waals surface area contributed by atoms with Gasteiger partial charge in [0, 0.05) is 17.8 Å². The molecule has 0 aliphatic heterocycles. The number of hydrogen-bond acceptors (Lipinski definition) is 5. The van der Waals surface area contributed by atoms with Crippen molar-refractivity contribution >= 4 is 17.7 Å². The lowest BCUT2D eigenvalue weighted by Gasteiger charge is -2.09. The Kier molecular flexibility index (Phi) is 6.30. The average molecular weight is 358 g/mol. The fourth-order valence-electron chi connectivity index (χ4n) is 2.58. The van der Waals surface area contributed by atoms with Crippen molar-refractivity contribution in [3.63, 3.8) is 0 Å². The zero-order valence-electron chi connectivity index (χ0n) is 15.0. The van der Waals surface area contributed by atoms with Gasteiger partial charge in [-0.1, -0.05) is 30.3 Å². The number of hydrogen-bond donors (Lipinski definition) is 3. The summed E-state index contributed by atoms with van der Waals surface area (Å²) < 4.78 is 5.10. The minimum atomic E-state index is -0.861. The van der Waals surface area contributed by atoms with Gasteiger partial charge in [0.1, 0.15) is 5.69 Å². The summed E-state index contributed by atoms with van der Waals surface area (Å²) >= 11 is 0. The van der Waals surface area contributed by atoms with Crippen molar-refractivity contribution < 1.29 is 24.2 Å². The SMILES string of the molecule is CCOC(=O)c1c(C)[nH]c(C(=O)C(=O)NC[C@@H](C)O)c1-c1ccccc1. The van der Waals surface area contributed by atoms with Gasteiger partial charge in [-0.25, -0.2) is 4.79 Å². The van der Waals surface area contributed by atoms with E-state index in [1.807, 2.05) is 6.07 Å². The Labute approximate surface area is 151 Å². The highest BCUT2D eigenvalue weighted by molar-refractivity contribution is 6.43. The average Bonchev–Trinajstić information content (AvgIpc) is 2.97. The van der Waals surface area contributed by atoms with Crippen LogP contribution in [-0.4, -0.2) is 47.0 Å². The Morgan fingerprint density at radius 2 is 1.88 bits per heavy atom. The van der Waals surface area contributed by atoms with Gasteiger partial charge < -0.3 is 20.1 Å². The van der Waals surface area contributed by atoms with Gasteiger partial charge in [-0.3, -0.25) is 9.59 Å². The first-order valence-corrected chi connectivity index (χ1v) is 8.32. The molecule has 7 heteroatoms. The van der Waals surface area contributed by atoms with Gasteiger partial charge in [-0.15, -0.1) is 0 Å². The number of nitrogens with one attached hydrogen (secondary N) is 2. The predicted molar refractivity (Wildman–Crippen MR) is 95.9 cm³/mol. The van der Waals surface area contributed by atoms with E-state index in [1.54, 1.807) is 38.1 Å². The van der Waals surface area contributed by atoms with Crippen molar-refractivity contribution in [2.24, 2.45) is 0 Å². The molecule has 0 unspecified atom stereocenters. The molecule has 0 aliphatic rings. The molecule has 0 saturated carbocycles. The third kappa shape index (κ3) is 4.18. The molecule has 1 aromatic heterocycles. The maximum Gasteiger partial charge on any atom is 0.340 e. The number of carbonyl (C=O) groups excluding carboxylic acids is 3. The lowest BCUT2D eigenvalue weighted by molar-refractivity contribution is -0.117. The number of aliphatic hydroxyl groups excluding tert-OH is 1. The smallest absolute Gasteiger partial charge is 0.340 e. The van der Waals surface area contributed by atoms with Crippen LogP contribution >= 0.6 is 0 Å². The molecule has 26 heavy (non-hydrogen) atoms. The number of esters is 1. The Bertz CT molecular complexity index is 809. The fraction of sp³-hybridized carbons (Fsp3) is 0.316. The van der Waals surface area contributed by atoms with E-state index in [-0.39, 0.29) is 24.4 Å². The second-order valence-corrected chi connectivity index (χ2v) is 5.85. The number of ether oxygens (including phenoxy) is 1. The number of aryl methyl sites for hydroxylation is 1. The van der Waals surface area contributed by atoms with Crippen LogP contribution in [0, 0.1) is 6.92 Å². The van der Waals surface area contributed by atoms with Gasteiger partial charge in [0.2, 0.25) is 0 Å². The topological polar surface area (TPSA) is 108 Å². The van der Waals surface area contributed by atoms with E-state index in [9.17, 15) is 19.5 Å². The number of carbonyl (C=O) groups is 3. The molecule has 0 bridgehead atoms. The first-order chi connectivity index (χ1) is 12.4. The molecular formula is C19H22N2O5. The molecule has 138 valence electrons. The van der Waals surface area contributed by atoms with Gasteiger partial charge >= 0.3 is 5.97 Å². The highest BCUT2D eigenvalue weighted by atomic mass is 16.5. The van der Waals surface area contributed by atoms with Crippen LogP contribution in [0.2, 0.25) is 0 Å². The highest BCUT2D eigenvalue weighted by Gasteiger charge is 2.29. The zero-order valence-corrected chi connectivity index (χ0v) is 15.0. The molecule has 2 rings (SSSR count). The van der Waals surface area contributed by atoms with E-state index in [0.29, 0.717) is 16.8 Å². The third-order valence-corrected chi connectivity index (χ3v) is 3.72. The van der Waals surface area contributed by atoms with Crippen LogP contribution in [0.1, 0.15) is 40.4 Å². The molecule has 0 spiro atoms. The molecule has 0 fully saturated rings. The Hall–Kier alpha value is -2.93. The van der Waals surface area contributed by atoms with Gasteiger partial charge in [0.25, 0.3) is 11.7 Å². The summed E-state index contributed by atoms with van der Waals surface area (Å²) in [5.74, 6) is -2.24. The fourth-order valence-corrected chi connectivity index (χ4v) is 2.58. The molecule has 0 aliphatic carbocycles. The van der Waals surface area contributed by atoms with E-state index in [1.165, 1.54) is 6.92 Å². The lowest BCUT2D eigenvalue weighted by atomic mass is 9.98. The van der Waals surface area contributed by atoms with Gasteiger partial charge in [0.15, 0.2) is 0 Å². The van der Waals surface area contributed by atoms with Crippen molar-refractivity contribution in [2.75, 3.05) is 13.2 Å². The molecule has 1 heterocycles. The zero-order chi connectivity index (χ0) is 19.3. The largest absolute Gasteiger partial charge is 0.462 e. The number of aromatic amines is 1. The number of aromatic nitrogens is 1. The summed E-state index contributed by atoms with van der Waals surface area (Å²) in [6, 6.07) is 8.85. The molecule has 0 saturated heterocycles. The Morgan fingerprint density at radius 1 is 1.23 bits per heavy atom. The number of benzene rings is 1. The summed E-state index contributed by atoms with van der Waals surface area (Å²) in [6.45, 7) is 4.98. The van der Waals surface area contributed by atoms with Gasteiger partial charge in [-0.05, 0) is 26.3 Å². The van der Waals surface area contributed by atoms with Crippen LogP contribution < -0.4 is 5.32 Å². The number of amides is 1. The second kappa shape index (κ2) is 8.44. The van der Waals surface area contributed by atoms with E-state index < -0.39 is 23.8 Å². The summed E-state index contributed by atoms with van der Waals surface area (Å²) in [7, 11) is 0. The normalized spacial score (nSPS) is 11.7. The van der Waals surface area contributed by atoms with E-state index in [4.69, 9.17) is 4.74 Å². The predicted octanol–water partition coefficient (Wildman–Crippen LogP) is 1.85. The van der Waals surface area contributed by atoms with Crippen LogP contribution in [-0.2, 0) is 9.53 Å². The summed E-state index contributed by atoms with van der Waals surface area (Å²) in [5.41, 5.74) is 1.63. The summed E-state index contributed by atoms with van der Waals surface area (Å²) in [4.78, 5) is 40.0. The molecule has 2 aromatic rings. The summed E-state index contributed by atoms with van der Waals surface area (Å²) in [5, 5.41) is 11.6. The van der Waals surface area contributed by atoms with Crippen molar-refractivity contribution in [1.82, 2.24) is 10.3 Å². The van der Waals surface area contributed by atoms with Gasteiger partial charge in [-0.2, -0.15) is 0 Å². The maximum absolute atomic E-state index is 12.6. The van der Waals surface area contributed by atoms with E-state index in [2.05, 4.69) is 10.3 Å². The van der Waals surface area contributed by atoms with Crippen molar-refractivity contribution in [2.45, 2.75) is 26.9 Å². The molecule has 1 amide bonds. The number of rotatable bonds is 7. The van der Waals surface area contributed by atoms with Crippen LogP contribution in [0.25, 0.3) is 11.1 Å². The maximum atomic E-state index is 12.6. The third-order valence-electron chi connectivity index (χ3n) is 3.72.